The Balaban J connectivity index is 1.26. The molecular formula is C21H24N2O4S. The van der Waals surface area contributed by atoms with Gasteiger partial charge in [-0.15, -0.1) is 0 Å². The lowest BCUT2D eigenvalue weighted by Gasteiger charge is -2.39. The average Bonchev–Trinajstić information content (AvgIpc) is 3.24. The highest BCUT2D eigenvalue weighted by Crippen LogP contribution is 2.39. The average molecular weight is 401 g/mol. The fourth-order valence-corrected chi connectivity index (χ4v) is 6.05. The van der Waals surface area contributed by atoms with Gasteiger partial charge < -0.3 is 9.47 Å². The summed E-state index contributed by atoms with van der Waals surface area (Å²) in [6, 6.07) is 15.6. The molecule has 28 heavy (non-hydrogen) atoms. The number of sulfonamides is 1. The molecule has 0 radical (unpaired) electrons. The van der Waals surface area contributed by atoms with E-state index in [0.29, 0.717) is 17.0 Å². The zero-order chi connectivity index (χ0) is 19.1. The summed E-state index contributed by atoms with van der Waals surface area (Å²) < 4.78 is 39.2. The quantitative estimate of drug-likeness (QED) is 0.836. The maximum Gasteiger partial charge on any atom is 0.240 e. The van der Waals surface area contributed by atoms with Gasteiger partial charge in [0, 0.05) is 24.7 Å². The highest BCUT2D eigenvalue weighted by Gasteiger charge is 2.41. The third-order valence-corrected chi connectivity index (χ3v) is 7.60. The number of hydrogen-bond acceptors (Lipinski definition) is 5. The van der Waals surface area contributed by atoms with Crippen LogP contribution in [0.3, 0.4) is 0 Å². The predicted octanol–water partition coefficient (Wildman–Crippen LogP) is 2.89. The minimum absolute atomic E-state index is 0.00397. The summed E-state index contributed by atoms with van der Waals surface area (Å²) in [7, 11) is -3.46. The summed E-state index contributed by atoms with van der Waals surface area (Å²) in [5.74, 6) is 1.62. The summed E-state index contributed by atoms with van der Waals surface area (Å²) >= 11 is 0. The Kier molecular flexibility index (Phi) is 4.53. The van der Waals surface area contributed by atoms with Crippen LogP contribution < -0.4 is 14.2 Å². The number of nitrogens with zero attached hydrogens (tertiary/aromatic N) is 1. The first-order chi connectivity index (χ1) is 13.6. The summed E-state index contributed by atoms with van der Waals surface area (Å²) in [6.07, 6.45) is 3.96. The Morgan fingerprint density at radius 2 is 1.68 bits per heavy atom. The molecule has 2 aromatic rings. The molecule has 2 fully saturated rings. The van der Waals surface area contributed by atoms with Crippen molar-refractivity contribution >= 4 is 10.0 Å². The Hall–Kier alpha value is -2.09. The van der Waals surface area contributed by atoms with Crippen molar-refractivity contribution in [2.45, 2.75) is 55.2 Å². The van der Waals surface area contributed by atoms with E-state index in [4.69, 9.17) is 9.47 Å². The van der Waals surface area contributed by atoms with Crippen LogP contribution >= 0.6 is 0 Å². The van der Waals surface area contributed by atoms with Gasteiger partial charge in [0.05, 0.1) is 4.90 Å². The number of hydrogen-bond donors (Lipinski definition) is 1. The minimum atomic E-state index is -3.46. The molecule has 0 aromatic heterocycles. The first kappa shape index (κ1) is 18.0. The molecule has 2 saturated heterocycles. The zero-order valence-corrected chi connectivity index (χ0v) is 16.4. The normalized spacial score (nSPS) is 26.5. The van der Waals surface area contributed by atoms with E-state index in [1.54, 1.807) is 24.3 Å². The third-order valence-electron chi connectivity index (χ3n) is 6.06. The van der Waals surface area contributed by atoms with Crippen LogP contribution in [0.4, 0.5) is 0 Å². The van der Waals surface area contributed by atoms with Gasteiger partial charge in [-0.2, -0.15) is 0 Å². The van der Waals surface area contributed by atoms with Crippen LogP contribution in [-0.2, 0) is 16.6 Å². The Morgan fingerprint density at radius 1 is 0.964 bits per heavy atom. The van der Waals surface area contributed by atoms with Gasteiger partial charge in [0.25, 0.3) is 0 Å². The summed E-state index contributed by atoms with van der Waals surface area (Å²) in [6.45, 7) is 1.15. The van der Waals surface area contributed by atoms with Crippen molar-refractivity contribution in [1.82, 2.24) is 9.62 Å². The molecule has 0 spiro atoms. The fourth-order valence-electron chi connectivity index (χ4n) is 4.77. The molecule has 2 atom stereocenters. The zero-order valence-electron chi connectivity index (χ0n) is 15.6. The van der Waals surface area contributed by atoms with E-state index >= 15 is 0 Å². The van der Waals surface area contributed by atoms with Crippen LogP contribution in [-0.4, -0.2) is 38.2 Å². The summed E-state index contributed by atoms with van der Waals surface area (Å²) in [5.41, 5.74) is 1.21. The molecule has 2 unspecified atom stereocenters. The van der Waals surface area contributed by atoms with Crippen molar-refractivity contribution in [2.75, 3.05) is 6.79 Å². The first-order valence-electron chi connectivity index (χ1n) is 9.80. The number of fused-ring (bicyclic) bond motifs is 3. The van der Waals surface area contributed by atoms with Gasteiger partial charge in [0.2, 0.25) is 16.8 Å². The Bertz CT molecular complexity index is 950. The molecule has 3 aliphatic heterocycles. The second-order valence-corrected chi connectivity index (χ2v) is 9.56. The fraction of sp³-hybridized carbons (Fsp3) is 0.429. The van der Waals surface area contributed by atoms with Gasteiger partial charge in [0.15, 0.2) is 11.5 Å². The predicted molar refractivity (Wildman–Crippen MR) is 105 cm³/mol. The van der Waals surface area contributed by atoms with E-state index in [0.717, 1.165) is 43.7 Å². The lowest BCUT2D eigenvalue weighted by atomic mass is 9.97. The molecule has 3 heterocycles. The van der Waals surface area contributed by atoms with Crippen molar-refractivity contribution < 1.29 is 17.9 Å². The maximum atomic E-state index is 12.7. The maximum absolute atomic E-state index is 12.7. The lowest BCUT2D eigenvalue weighted by Crippen LogP contribution is -2.49. The smallest absolute Gasteiger partial charge is 0.240 e. The SMILES string of the molecule is O=S(=O)(NC1CC2CCC(C1)N2Cc1ccc2c(c1)OCO2)c1ccccc1. The highest BCUT2D eigenvalue weighted by molar-refractivity contribution is 7.89. The van der Waals surface area contributed by atoms with Gasteiger partial charge in [-0.3, -0.25) is 4.90 Å². The first-order valence-corrected chi connectivity index (χ1v) is 11.3. The van der Waals surface area contributed by atoms with Gasteiger partial charge in [-0.05, 0) is 55.5 Å². The van der Waals surface area contributed by atoms with Crippen molar-refractivity contribution in [1.29, 1.82) is 0 Å². The number of ether oxygens (including phenoxy) is 2. The van der Waals surface area contributed by atoms with E-state index in [1.165, 1.54) is 5.56 Å². The van der Waals surface area contributed by atoms with Crippen molar-refractivity contribution in [3.8, 4) is 11.5 Å². The number of rotatable bonds is 5. The van der Waals surface area contributed by atoms with Crippen LogP contribution in [0, 0.1) is 0 Å². The second-order valence-electron chi connectivity index (χ2n) is 7.85. The van der Waals surface area contributed by atoms with E-state index in [2.05, 4.69) is 21.8 Å². The largest absolute Gasteiger partial charge is 0.454 e. The summed E-state index contributed by atoms with van der Waals surface area (Å²) in [4.78, 5) is 2.87. The van der Waals surface area contributed by atoms with E-state index in [1.807, 2.05) is 12.1 Å². The summed E-state index contributed by atoms with van der Waals surface area (Å²) in [5, 5.41) is 0. The van der Waals surface area contributed by atoms with Gasteiger partial charge in [0.1, 0.15) is 0 Å². The Labute approximate surface area is 165 Å². The molecule has 0 amide bonds. The molecule has 148 valence electrons. The molecule has 2 bridgehead atoms. The van der Waals surface area contributed by atoms with Crippen LogP contribution in [0.2, 0.25) is 0 Å². The molecule has 6 nitrogen and oxygen atoms in total. The van der Waals surface area contributed by atoms with Crippen molar-refractivity contribution in [3.05, 3.63) is 54.1 Å². The highest BCUT2D eigenvalue weighted by atomic mass is 32.2. The number of benzene rings is 2. The van der Waals surface area contributed by atoms with Crippen LogP contribution in [0.25, 0.3) is 0 Å². The Morgan fingerprint density at radius 3 is 2.43 bits per heavy atom. The van der Waals surface area contributed by atoms with Crippen molar-refractivity contribution in [3.63, 3.8) is 0 Å². The van der Waals surface area contributed by atoms with Crippen LogP contribution in [0.15, 0.2) is 53.4 Å². The van der Waals surface area contributed by atoms with Crippen molar-refractivity contribution in [2.24, 2.45) is 0 Å². The number of piperidine rings is 1. The molecule has 1 N–H and O–H groups in total. The molecule has 3 aliphatic rings. The van der Waals surface area contributed by atoms with E-state index in [9.17, 15) is 8.42 Å². The molecule has 0 aliphatic carbocycles. The van der Waals surface area contributed by atoms with Gasteiger partial charge >= 0.3 is 0 Å². The molecule has 2 aromatic carbocycles. The topological polar surface area (TPSA) is 67.9 Å². The van der Waals surface area contributed by atoms with E-state index in [-0.39, 0.29) is 12.8 Å². The van der Waals surface area contributed by atoms with Gasteiger partial charge in [-0.1, -0.05) is 24.3 Å². The molecule has 0 saturated carbocycles. The molecular weight excluding hydrogens is 376 g/mol. The molecule has 5 rings (SSSR count). The van der Waals surface area contributed by atoms with E-state index < -0.39 is 10.0 Å². The second kappa shape index (κ2) is 7.06. The standard InChI is InChI=1S/C21H24N2O4S/c24-28(25,19-4-2-1-3-5-19)22-16-11-17-7-8-18(12-16)23(17)13-15-6-9-20-21(10-15)27-14-26-20/h1-6,9-10,16-18,22H,7-8,11-14H2. The monoisotopic (exact) mass is 400 g/mol. The third kappa shape index (κ3) is 3.38. The van der Waals surface area contributed by atoms with Crippen LogP contribution in [0.5, 0.6) is 11.5 Å². The van der Waals surface area contributed by atoms with Gasteiger partial charge in [-0.25, -0.2) is 13.1 Å². The lowest BCUT2D eigenvalue weighted by molar-refractivity contribution is 0.115. The van der Waals surface area contributed by atoms with Crippen LogP contribution in [0.1, 0.15) is 31.2 Å². The number of nitrogens with one attached hydrogen (secondary N) is 1. The minimum Gasteiger partial charge on any atom is -0.454 e. The molecule has 7 heteroatoms.